The average Bonchev–Trinajstić information content (AvgIpc) is 3.32. The quantitative estimate of drug-likeness (QED) is 0.529. The second kappa shape index (κ2) is 10.9. The second-order valence-corrected chi connectivity index (χ2v) is 8.07. The first-order valence-corrected chi connectivity index (χ1v) is 10.8. The number of ketones is 1. The van der Waals surface area contributed by atoms with E-state index in [-0.39, 0.29) is 5.92 Å². The minimum Gasteiger partial charge on any atom is -0.508 e. The largest absolute Gasteiger partial charge is 0.508 e. The van der Waals surface area contributed by atoms with E-state index in [1.165, 1.54) is 31.2 Å². The number of nitrogens with one attached hydrogen (secondary N) is 1. The average molecular weight is 385 g/mol. The Bertz CT molecular complexity index is 717. The fourth-order valence-electron chi connectivity index (χ4n) is 4.46. The molecule has 6 heteroatoms. The van der Waals surface area contributed by atoms with Crippen LogP contribution in [0.5, 0.6) is 5.75 Å². The summed E-state index contributed by atoms with van der Waals surface area (Å²) in [6.07, 6.45) is 12.8. The number of aromatic hydroxyl groups is 1. The number of unbranched alkanes of at least 4 members (excludes halogenated alkanes) is 4. The van der Waals surface area contributed by atoms with Gasteiger partial charge in [-0.1, -0.05) is 43.0 Å². The zero-order valence-corrected chi connectivity index (χ0v) is 16.6. The number of phenolic OH excluding ortho intramolecular Hbond substituents is 1. The number of tetrazole rings is 1. The van der Waals surface area contributed by atoms with Crippen LogP contribution in [0, 0.1) is 11.8 Å². The number of hydrogen-bond acceptors (Lipinski definition) is 5. The fraction of sp³-hybridized carbons (Fsp3) is 0.636. The highest BCUT2D eigenvalue weighted by Crippen LogP contribution is 2.36. The first-order chi connectivity index (χ1) is 13.7. The van der Waals surface area contributed by atoms with Gasteiger partial charge in [0.25, 0.3) is 0 Å². The van der Waals surface area contributed by atoms with Gasteiger partial charge in [0.2, 0.25) is 0 Å². The zero-order chi connectivity index (χ0) is 19.6. The molecule has 0 saturated heterocycles. The first kappa shape index (κ1) is 20.5. The summed E-state index contributed by atoms with van der Waals surface area (Å²) in [5.41, 5.74) is 1.18. The Kier molecular flexibility index (Phi) is 8.00. The predicted molar refractivity (Wildman–Crippen MR) is 108 cm³/mol. The molecule has 0 amide bonds. The molecular formula is C22H32N4O2. The van der Waals surface area contributed by atoms with E-state index in [0.717, 1.165) is 57.2 Å². The van der Waals surface area contributed by atoms with Crippen LogP contribution >= 0.6 is 0 Å². The summed E-state index contributed by atoms with van der Waals surface area (Å²) in [6, 6.07) is 7.49. The number of benzene rings is 1. The second-order valence-electron chi connectivity index (χ2n) is 8.07. The molecule has 1 aromatic heterocycles. The first-order valence-electron chi connectivity index (χ1n) is 10.8. The van der Waals surface area contributed by atoms with Gasteiger partial charge in [-0.05, 0) is 62.1 Å². The molecule has 1 saturated carbocycles. The van der Waals surface area contributed by atoms with Gasteiger partial charge < -0.3 is 5.11 Å². The number of aromatic nitrogens is 4. The summed E-state index contributed by atoms with van der Waals surface area (Å²) in [7, 11) is 0. The number of nitrogens with zero attached hydrogens (tertiary/aromatic N) is 3. The van der Waals surface area contributed by atoms with Crippen molar-refractivity contribution in [3.63, 3.8) is 0 Å². The summed E-state index contributed by atoms with van der Waals surface area (Å²) in [5, 5.41) is 23.6. The van der Waals surface area contributed by atoms with E-state index >= 15 is 0 Å². The molecule has 28 heavy (non-hydrogen) atoms. The molecule has 1 aliphatic carbocycles. The molecule has 0 radical (unpaired) electrons. The number of carbonyl (C=O) groups is 1. The molecule has 6 nitrogen and oxygen atoms in total. The predicted octanol–water partition coefficient (Wildman–Crippen LogP) is 4.41. The van der Waals surface area contributed by atoms with Gasteiger partial charge in [0.1, 0.15) is 11.5 Å². The summed E-state index contributed by atoms with van der Waals surface area (Å²) < 4.78 is 0. The van der Waals surface area contributed by atoms with Gasteiger partial charge in [0.15, 0.2) is 5.82 Å². The smallest absolute Gasteiger partial charge is 0.174 e. The Morgan fingerprint density at radius 1 is 1.04 bits per heavy atom. The fourth-order valence-corrected chi connectivity index (χ4v) is 4.46. The van der Waals surface area contributed by atoms with Crippen molar-refractivity contribution in [2.24, 2.45) is 11.8 Å². The van der Waals surface area contributed by atoms with Crippen molar-refractivity contribution in [2.45, 2.75) is 77.0 Å². The standard InChI is InChI=1S/C22H32N4O2/c27-19-11-7-9-17(16-19)8-5-6-12-20-18(14-15-21(20)28)10-3-1-2-4-13-22-23-25-26-24-22/h7,9,11,16,18,20,27H,1-6,8,10,12-15H2,(H,23,24,25,26)/t18-,20+/m0/s1. The normalized spacial score (nSPS) is 19.4. The highest BCUT2D eigenvalue weighted by molar-refractivity contribution is 5.83. The van der Waals surface area contributed by atoms with Crippen LogP contribution in [0.3, 0.4) is 0 Å². The number of Topliss-reactive ketones (excluding diaryl/α,β-unsaturated/α-hetero) is 1. The Morgan fingerprint density at radius 2 is 1.86 bits per heavy atom. The molecule has 3 rings (SSSR count). The maximum atomic E-state index is 12.3. The minimum atomic E-state index is 0.281. The van der Waals surface area contributed by atoms with E-state index in [9.17, 15) is 9.90 Å². The lowest BCUT2D eigenvalue weighted by Gasteiger charge is -2.18. The number of phenols is 1. The molecule has 0 spiro atoms. The van der Waals surface area contributed by atoms with Crippen LogP contribution in [0.15, 0.2) is 24.3 Å². The number of carbonyl (C=O) groups excluding carboxylic acids is 1. The highest BCUT2D eigenvalue weighted by Gasteiger charge is 2.33. The van der Waals surface area contributed by atoms with Crippen molar-refractivity contribution >= 4 is 5.78 Å². The summed E-state index contributed by atoms with van der Waals surface area (Å²) >= 11 is 0. The molecule has 1 heterocycles. The molecule has 1 aliphatic rings. The maximum absolute atomic E-state index is 12.3. The van der Waals surface area contributed by atoms with Gasteiger partial charge in [0.05, 0.1) is 0 Å². The summed E-state index contributed by atoms with van der Waals surface area (Å²) in [5.74, 6) is 2.49. The van der Waals surface area contributed by atoms with E-state index in [2.05, 4.69) is 26.7 Å². The number of H-pyrrole nitrogens is 1. The van der Waals surface area contributed by atoms with Gasteiger partial charge in [-0.2, -0.15) is 5.21 Å². The molecule has 1 aromatic carbocycles. The third-order valence-electron chi connectivity index (χ3n) is 6.00. The monoisotopic (exact) mass is 384 g/mol. The van der Waals surface area contributed by atoms with Gasteiger partial charge in [-0.25, -0.2) is 0 Å². The number of aromatic amines is 1. The van der Waals surface area contributed by atoms with Crippen LogP contribution in [0.1, 0.15) is 75.6 Å². The van der Waals surface area contributed by atoms with Gasteiger partial charge in [-0.15, -0.1) is 10.2 Å². The van der Waals surface area contributed by atoms with Crippen molar-refractivity contribution in [3.8, 4) is 5.75 Å². The lowest BCUT2D eigenvalue weighted by molar-refractivity contribution is -0.121. The molecule has 0 unspecified atom stereocenters. The highest BCUT2D eigenvalue weighted by atomic mass is 16.3. The summed E-state index contributed by atoms with van der Waals surface area (Å²) in [6.45, 7) is 0. The van der Waals surface area contributed by atoms with E-state index in [1.54, 1.807) is 6.07 Å². The molecule has 152 valence electrons. The van der Waals surface area contributed by atoms with Crippen molar-refractivity contribution in [1.29, 1.82) is 0 Å². The minimum absolute atomic E-state index is 0.281. The van der Waals surface area contributed by atoms with E-state index in [0.29, 0.717) is 17.5 Å². The van der Waals surface area contributed by atoms with Crippen molar-refractivity contribution in [3.05, 3.63) is 35.7 Å². The lowest BCUT2D eigenvalue weighted by Crippen LogP contribution is -2.15. The van der Waals surface area contributed by atoms with Crippen LogP contribution in [-0.2, 0) is 17.6 Å². The molecular weight excluding hydrogens is 352 g/mol. The molecule has 0 bridgehead atoms. The number of aryl methyl sites for hydroxylation is 2. The molecule has 1 fully saturated rings. The van der Waals surface area contributed by atoms with Crippen LogP contribution in [0.2, 0.25) is 0 Å². The zero-order valence-electron chi connectivity index (χ0n) is 16.6. The molecule has 0 aliphatic heterocycles. The van der Waals surface area contributed by atoms with Crippen LogP contribution in [-0.4, -0.2) is 31.5 Å². The van der Waals surface area contributed by atoms with E-state index < -0.39 is 0 Å². The number of hydrogen-bond donors (Lipinski definition) is 2. The van der Waals surface area contributed by atoms with Crippen LogP contribution in [0.4, 0.5) is 0 Å². The van der Waals surface area contributed by atoms with Crippen LogP contribution in [0.25, 0.3) is 0 Å². The van der Waals surface area contributed by atoms with Crippen molar-refractivity contribution in [2.75, 3.05) is 0 Å². The van der Waals surface area contributed by atoms with Crippen LogP contribution < -0.4 is 0 Å². The Labute approximate surface area is 167 Å². The topological polar surface area (TPSA) is 91.8 Å². The van der Waals surface area contributed by atoms with Crippen molar-refractivity contribution < 1.29 is 9.90 Å². The van der Waals surface area contributed by atoms with Crippen molar-refractivity contribution in [1.82, 2.24) is 20.6 Å². The Balaban J connectivity index is 1.29. The summed E-state index contributed by atoms with van der Waals surface area (Å²) in [4.78, 5) is 12.3. The van der Waals surface area contributed by atoms with Gasteiger partial charge in [-0.3, -0.25) is 4.79 Å². The Morgan fingerprint density at radius 3 is 2.68 bits per heavy atom. The third kappa shape index (κ3) is 6.43. The molecule has 2 atom stereocenters. The maximum Gasteiger partial charge on any atom is 0.174 e. The molecule has 2 N–H and O–H groups in total. The van der Waals surface area contributed by atoms with Gasteiger partial charge in [0, 0.05) is 18.8 Å². The lowest BCUT2D eigenvalue weighted by atomic mass is 9.86. The van der Waals surface area contributed by atoms with E-state index in [4.69, 9.17) is 0 Å². The SMILES string of the molecule is O=C1CC[C@H](CCCCCCc2nn[nH]n2)[C@H]1CCCCc1cccc(O)c1. The Hall–Kier alpha value is -2.24. The van der Waals surface area contributed by atoms with Gasteiger partial charge >= 0.3 is 0 Å². The third-order valence-corrected chi connectivity index (χ3v) is 6.00. The van der Waals surface area contributed by atoms with E-state index in [1.807, 2.05) is 12.1 Å². The molecule has 2 aromatic rings. The number of rotatable bonds is 12.